The van der Waals surface area contributed by atoms with Gasteiger partial charge in [-0.3, -0.25) is 4.79 Å². The van der Waals surface area contributed by atoms with E-state index in [4.69, 9.17) is 4.74 Å². The number of hydrogen-bond donors (Lipinski definition) is 0. The third kappa shape index (κ3) is 1.67. The predicted octanol–water partition coefficient (Wildman–Crippen LogP) is 0.808. The van der Waals surface area contributed by atoms with Gasteiger partial charge in [-0.1, -0.05) is 0 Å². The molecular weight excluding hydrogens is 154 g/mol. The molecule has 0 spiro atoms. The lowest BCUT2D eigenvalue weighted by Gasteiger charge is -2.04. The summed E-state index contributed by atoms with van der Waals surface area (Å²) in [6.45, 7) is 3.72. The van der Waals surface area contributed by atoms with Crippen molar-refractivity contribution in [2.45, 2.75) is 25.6 Å². The molecule has 3 heteroatoms. The average Bonchev–Trinajstić information content (AvgIpc) is 2.56. The summed E-state index contributed by atoms with van der Waals surface area (Å²) in [5.41, 5.74) is -0.549. The van der Waals surface area contributed by atoms with E-state index in [1.807, 2.05) is 32.8 Å². The lowest BCUT2D eigenvalue weighted by Crippen LogP contribution is -2.21. The minimum Gasteiger partial charge on any atom is -0.383 e. The van der Waals surface area contributed by atoms with Crippen LogP contribution in [-0.4, -0.2) is 36.5 Å². The van der Waals surface area contributed by atoms with Crippen LogP contribution in [0.15, 0.2) is 12.3 Å². The van der Waals surface area contributed by atoms with Gasteiger partial charge in [0.15, 0.2) is 11.4 Å². The number of carbonyl (C=O) groups excluding carboxylic acids is 1. The van der Waals surface area contributed by atoms with Crippen LogP contribution in [0.5, 0.6) is 0 Å². The number of ether oxygens (including phenoxy) is 1. The summed E-state index contributed by atoms with van der Waals surface area (Å²) >= 11 is 0. The van der Waals surface area contributed by atoms with Crippen molar-refractivity contribution in [2.75, 3.05) is 14.1 Å². The van der Waals surface area contributed by atoms with Crippen molar-refractivity contribution in [2.24, 2.45) is 0 Å². The summed E-state index contributed by atoms with van der Waals surface area (Å²) < 4.78 is 5.18. The molecule has 1 rings (SSSR count). The van der Waals surface area contributed by atoms with Crippen molar-refractivity contribution >= 4 is 5.78 Å². The molecule has 0 N–H and O–H groups in total. The number of rotatable bonds is 3. The van der Waals surface area contributed by atoms with E-state index in [0.717, 1.165) is 0 Å². The second kappa shape index (κ2) is 2.90. The molecule has 0 aromatic heterocycles. The van der Waals surface area contributed by atoms with Gasteiger partial charge in [0.05, 0.1) is 6.10 Å². The zero-order valence-electron chi connectivity index (χ0n) is 8.00. The van der Waals surface area contributed by atoms with E-state index < -0.39 is 5.60 Å². The van der Waals surface area contributed by atoms with Gasteiger partial charge >= 0.3 is 0 Å². The first kappa shape index (κ1) is 9.26. The molecular formula is C9H15NO2. The van der Waals surface area contributed by atoms with Crippen LogP contribution >= 0.6 is 0 Å². The molecule has 0 aliphatic carbocycles. The second-order valence-electron chi connectivity index (χ2n) is 3.51. The molecule has 68 valence electrons. The molecule has 2 atom stereocenters. The van der Waals surface area contributed by atoms with E-state index in [0.29, 0.717) is 0 Å². The molecule has 0 aromatic rings. The molecule has 0 unspecified atom stereocenters. The standard InChI is InChI=1S/C9H15NO2/c1-7-9(2,12-7)8(11)5-6-10(3)4/h5-7H,1-4H3/b6-5+/t7-,9-/m1/s1. The first-order chi connectivity index (χ1) is 5.47. The third-order valence-electron chi connectivity index (χ3n) is 2.15. The van der Waals surface area contributed by atoms with Crippen LogP contribution in [0.2, 0.25) is 0 Å². The minimum atomic E-state index is -0.549. The van der Waals surface area contributed by atoms with Gasteiger partial charge in [-0.05, 0) is 13.8 Å². The largest absolute Gasteiger partial charge is 0.383 e. The van der Waals surface area contributed by atoms with Gasteiger partial charge in [0, 0.05) is 26.4 Å². The Kier molecular flexibility index (Phi) is 2.24. The fourth-order valence-electron chi connectivity index (χ4n) is 0.974. The molecule has 1 heterocycles. The zero-order valence-corrected chi connectivity index (χ0v) is 8.00. The van der Waals surface area contributed by atoms with Crippen LogP contribution in [0.3, 0.4) is 0 Å². The van der Waals surface area contributed by atoms with E-state index in [2.05, 4.69) is 0 Å². The van der Waals surface area contributed by atoms with Gasteiger partial charge in [-0.2, -0.15) is 0 Å². The molecule has 0 aromatic carbocycles. The van der Waals surface area contributed by atoms with Crippen molar-refractivity contribution in [3.05, 3.63) is 12.3 Å². The van der Waals surface area contributed by atoms with Crippen molar-refractivity contribution in [3.63, 3.8) is 0 Å². The Morgan fingerprint density at radius 1 is 1.58 bits per heavy atom. The molecule has 12 heavy (non-hydrogen) atoms. The van der Waals surface area contributed by atoms with Gasteiger partial charge in [0.25, 0.3) is 0 Å². The molecule has 0 radical (unpaired) electrons. The molecule has 1 aliphatic rings. The molecule has 0 saturated carbocycles. The molecule has 1 fully saturated rings. The highest BCUT2D eigenvalue weighted by atomic mass is 16.6. The topological polar surface area (TPSA) is 32.8 Å². The average molecular weight is 169 g/mol. The van der Waals surface area contributed by atoms with Crippen LogP contribution in [0.4, 0.5) is 0 Å². The predicted molar refractivity (Wildman–Crippen MR) is 46.8 cm³/mol. The number of nitrogens with zero attached hydrogens (tertiary/aromatic N) is 1. The van der Waals surface area contributed by atoms with Crippen molar-refractivity contribution in [1.29, 1.82) is 0 Å². The van der Waals surface area contributed by atoms with Gasteiger partial charge in [0.2, 0.25) is 0 Å². The SMILES string of the molecule is C[C@H]1O[C@@]1(C)C(=O)/C=C/N(C)C. The zero-order chi connectivity index (χ0) is 9.35. The normalized spacial score (nSPS) is 33.8. The number of carbonyl (C=O) groups is 1. The van der Waals surface area contributed by atoms with Gasteiger partial charge in [-0.25, -0.2) is 0 Å². The summed E-state index contributed by atoms with van der Waals surface area (Å²) in [6, 6.07) is 0. The van der Waals surface area contributed by atoms with Crippen molar-refractivity contribution in [3.8, 4) is 0 Å². The highest BCUT2D eigenvalue weighted by Crippen LogP contribution is 2.36. The van der Waals surface area contributed by atoms with E-state index >= 15 is 0 Å². The van der Waals surface area contributed by atoms with Crippen molar-refractivity contribution in [1.82, 2.24) is 4.90 Å². The Hall–Kier alpha value is -0.830. The monoisotopic (exact) mass is 169 g/mol. The minimum absolute atomic E-state index is 0.0451. The van der Waals surface area contributed by atoms with E-state index in [-0.39, 0.29) is 11.9 Å². The van der Waals surface area contributed by atoms with E-state index in [1.165, 1.54) is 0 Å². The first-order valence-corrected chi connectivity index (χ1v) is 4.03. The molecule has 0 amide bonds. The Morgan fingerprint density at radius 3 is 2.42 bits per heavy atom. The Balaban J connectivity index is 2.50. The lowest BCUT2D eigenvalue weighted by molar-refractivity contribution is -0.118. The van der Waals surface area contributed by atoms with Crippen LogP contribution in [0.1, 0.15) is 13.8 Å². The van der Waals surface area contributed by atoms with Crippen LogP contribution in [-0.2, 0) is 9.53 Å². The van der Waals surface area contributed by atoms with Gasteiger partial charge < -0.3 is 9.64 Å². The maximum Gasteiger partial charge on any atom is 0.191 e. The smallest absolute Gasteiger partial charge is 0.191 e. The number of hydrogen-bond acceptors (Lipinski definition) is 3. The fourth-order valence-corrected chi connectivity index (χ4v) is 0.974. The quantitative estimate of drug-likeness (QED) is 0.463. The molecule has 0 bridgehead atoms. The van der Waals surface area contributed by atoms with Crippen LogP contribution in [0, 0.1) is 0 Å². The fraction of sp³-hybridized carbons (Fsp3) is 0.667. The summed E-state index contributed by atoms with van der Waals surface area (Å²) in [4.78, 5) is 13.2. The Labute approximate surface area is 73.0 Å². The Morgan fingerprint density at radius 2 is 2.08 bits per heavy atom. The lowest BCUT2D eigenvalue weighted by atomic mass is 10.0. The van der Waals surface area contributed by atoms with E-state index in [1.54, 1.807) is 12.3 Å². The summed E-state index contributed by atoms with van der Waals surface area (Å²) in [7, 11) is 3.76. The van der Waals surface area contributed by atoms with Gasteiger partial charge in [-0.15, -0.1) is 0 Å². The van der Waals surface area contributed by atoms with Crippen LogP contribution in [0.25, 0.3) is 0 Å². The number of ketones is 1. The summed E-state index contributed by atoms with van der Waals surface area (Å²) in [5.74, 6) is 0.0451. The number of epoxide rings is 1. The highest BCUT2D eigenvalue weighted by Gasteiger charge is 2.54. The summed E-state index contributed by atoms with van der Waals surface area (Å²) in [5, 5.41) is 0. The maximum atomic E-state index is 11.4. The molecule has 3 nitrogen and oxygen atoms in total. The van der Waals surface area contributed by atoms with Crippen LogP contribution < -0.4 is 0 Å². The molecule has 1 aliphatic heterocycles. The highest BCUT2D eigenvalue weighted by molar-refractivity contribution is 5.99. The molecule has 1 saturated heterocycles. The van der Waals surface area contributed by atoms with Gasteiger partial charge in [0.1, 0.15) is 0 Å². The summed E-state index contributed by atoms with van der Waals surface area (Å²) in [6.07, 6.45) is 3.36. The first-order valence-electron chi connectivity index (χ1n) is 4.03. The van der Waals surface area contributed by atoms with E-state index in [9.17, 15) is 4.79 Å². The van der Waals surface area contributed by atoms with Crippen molar-refractivity contribution < 1.29 is 9.53 Å². The Bertz CT molecular complexity index is 223. The maximum absolute atomic E-state index is 11.4. The third-order valence-corrected chi connectivity index (χ3v) is 2.15. The second-order valence-corrected chi connectivity index (χ2v) is 3.51.